The Labute approximate surface area is 106 Å². The van der Waals surface area contributed by atoms with Gasteiger partial charge in [0.2, 0.25) is 0 Å². The van der Waals surface area contributed by atoms with Crippen LogP contribution in [-0.2, 0) is 9.84 Å². The zero-order chi connectivity index (χ0) is 13.8. The van der Waals surface area contributed by atoms with E-state index in [2.05, 4.69) is 5.32 Å². The van der Waals surface area contributed by atoms with Gasteiger partial charge in [-0.3, -0.25) is 4.79 Å². The van der Waals surface area contributed by atoms with Crippen LogP contribution in [0, 0.1) is 5.82 Å². The van der Waals surface area contributed by atoms with Gasteiger partial charge in [0.15, 0.2) is 9.84 Å². The van der Waals surface area contributed by atoms with Crippen LogP contribution in [0.2, 0.25) is 0 Å². The molecule has 1 amide bonds. The molecule has 0 aliphatic heterocycles. The molecule has 0 heterocycles. The average molecular weight is 273 g/mol. The van der Waals surface area contributed by atoms with Gasteiger partial charge >= 0.3 is 0 Å². The van der Waals surface area contributed by atoms with Gasteiger partial charge in [-0.2, -0.15) is 0 Å². The van der Waals surface area contributed by atoms with E-state index in [-0.39, 0.29) is 17.1 Å². The summed E-state index contributed by atoms with van der Waals surface area (Å²) in [5.41, 5.74) is -0.0850. The van der Waals surface area contributed by atoms with E-state index in [1.54, 1.807) is 19.9 Å². The Kier molecular flexibility index (Phi) is 4.84. The Hall–Kier alpha value is -1.43. The first kappa shape index (κ1) is 14.6. The summed E-state index contributed by atoms with van der Waals surface area (Å²) in [7, 11) is -3.17. The van der Waals surface area contributed by atoms with Crippen LogP contribution < -0.4 is 5.32 Å². The largest absolute Gasteiger partial charge is 0.348 e. The van der Waals surface area contributed by atoms with Gasteiger partial charge in [0, 0.05) is 11.8 Å². The molecule has 1 rings (SSSR count). The van der Waals surface area contributed by atoms with Crippen molar-refractivity contribution < 1.29 is 17.6 Å². The van der Waals surface area contributed by atoms with Gasteiger partial charge in [0.25, 0.3) is 5.91 Å². The van der Waals surface area contributed by atoms with Crippen molar-refractivity contribution in [2.24, 2.45) is 0 Å². The second kappa shape index (κ2) is 5.95. The molecule has 18 heavy (non-hydrogen) atoms. The summed E-state index contributed by atoms with van der Waals surface area (Å²) in [5, 5.41) is 2.47. The lowest BCUT2D eigenvalue weighted by Gasteiger charge is -2.13. The second-order valence-corrected chi connectivity index (χ2v) is 6.45. The predicted octanol–water partition coefficient (Wildman–Crippen LogP) is 1.38. The molecular weight excluding hydrogens is 257 g/mol. The third-order valence-electron chi connectivity index (χ3n) is 2.44. The zero-order valence-corrected chi connectivity index (χ0v) is 11.1. The van der Waals surface area contributed by atoms with Crippen molar-refractivity contribution in [2.45, 2.75) is 19.9 Å². The van der Waals surface area contributed by atoms with Crippen molar-refractivity contribution in [3.05, 3.63) is 35.6 Å². The monoisotopic (exact) mass is 273 g/mol. The fourth-order valence-electron chi connectivity index (χ4n) is 1.49. The lowest BCUT2D eigenvalue weighted by Crippen LogP contribution is -2.38. The van der Waals surface area contributed by atoms with Crippen molar-refractivity contribution >= 4 is 15.7 Å². The van der Waals surface area contributed by atoms with E-state index in [0.717, 1.165) is 0 Å². The first-order valence-electron chi connectivity index (χ1n) is 5.61. The number of halogens is 1. The van der Waals surface area contributed by atoms with Gasteiger partial charge in [0.05, 0.1) is 11.3 Å². The summed E-state index contributed by atoms with van der Waals surface area (Å²) in [5.74, 6) is -1.36. The maximum atomic E-state index is 13.3. The van der Waals surface area contributed by atoms with Crippen LogP contribution in [0.1, 0.15) is 24.2 Å². The molecule has 0 bridgehead atoms. The fourth-order valence-corrected chi connectivity index (χ4v) is 2.57. The van der Waals surface area contributed by atoms with Gasteiger partial charge in [-0.05, 0) is 19.1 Å². The molecule has 0 saturated carbocycles. The van der Waals surface area contributed by atoms with Crippen LogP contribution in [-0.4, -0.2) is 31.9 Å². The standard InChI is InChI=1S/C12H16FNO3S/c1-3-18(16,17)8-9(2)14-12(15)10-6-4-5-7-11(10)13/h4-7,9H,3,8H2,1-2H3,(H,14,15)/t9-/m1/s1. The highest BCUT2D eigenvalue weighted by Crippen LogP contribution is 2.06. The van der Waals surface area contributed by atoms with Crippen LogP contribution in [0.3, 0.4) is 0 Å². The van der Waals surface area contributed by atoms with E-state index in [1.807, 2.05) is 0 Å². The van der Waals surface area contributed by atoms with E-state index in [1.165, 1.54) is 18.2 Å². The van der Waals surface area contributed by atoms with E-state index in [4.69, 9.17) is 0 Å². The van der Waals surface area contributed by atoms with Gasteiger partial charge in [-0.1, -0.05) is 19.1 Å². The van der Waals surface area contributed by atoms with E-state index in [0.29, 0.717) is 0 Å². The predicted molar refractivity (Wildman–Crippen MR) is 67.7 cm³/mol. The molecule has 4 nitrogen and oxygen atoms in total. The smallest absolute Gasteiger partial charge is 0.254 e. The van der Waals surface area contributed by atoms with Crippen molar-refractivity contribution in [2.75, 3.05) is 11.5 Å². The molecule has 1 atom stereocenters. The normalized spacial score (nSPS) is 13.1. The van der Waals surface area contributed by atoms with Gasteiger partial charge in [-0.15, -0.1) is 0 Å². The minimum Gasteiger partial charge on any atom is -0.348 e. The summed E-state index contributed by atoms with van der Waals surface area (Å²) >= 11 is 0. The Morgan fingerprint density at radius 1 is 1.39 bits per heavy atom. The molecule has 0 aliphatic carbocycles. The van der Waals surface area contributed by atoms with Crippen LogP contribution in [0.25, 0.3) is 0 Å². The second-order valence-electron chi connectivity index (χ2n) is 4.05. The number of sulfone groups is 1. The third-order valence-corrected chi connectivity index (χ3v) is 4.33. The minimum absolute atomic E-state index is 0.0207. The van der Waals surface area contributed by atoms with Crippen LogP contribution in [0.4, 0.5) is 4.39 Å². The summed E-state index contributed by atoms with van der Waals surface area (Å²) in [6, 6.07) is 5.01. The summed E-state index contributed by atoms with van der Waals surface area (Å²) in [4.78, 5) is 11.7. The molecule has 1 N–H and O–H groups in total. The Morgan fingerprint density at radius 3 is 2.56 bits per heavy atom. The molecular formula is C12H16FNO3S. The van der Waals surface area contributed by atoms with E-state index < -0.39 is 27.6 Å². The topological polar surface area (TPSA) is 63.2 Å². The molecule has 0 aromatic heterocycles. The lowest BCUT2D eigenvalue weighted by molar-refractivity contribution is 0.0939. The highest BCUT2D eigenvalue weighted by molar-refractivity contribution is 7.91. The Balaban J connectivity index is 2.69. The van der Waals surface area contributed by atoms with Crippen LogP contribution in [0.15, 0.2) is 24.3 Å². The molecule has 0 radical (unpaired) electrons. The zero-order valence-electron chi connectivity index (χ0n) is 10.3. The molecule has 1 aromatic carbocycles. The van der Waals surface area contributed by atoms with Crippen molar-refractivity contribution in [1.82, 2.24) is 5.32 Å². The highest BCUT2D eigenvalue weighted by atomic mass is 32.2. The fraction of sp³-hybridized carbons (Fsp3) is 0.417. The number of hydrogen-bond donors (Lipinski definition) is 1. The summed E-state index contributed by atoms with van der Waals surface area (Å²) < 4.78 is 36.1. The Bertz CT molecular complexity index is 528. The maximum absolute atomic E-state index is 13.3. The molecule has 0 saturated heterocycles. The SMILES string of the molecule is CCS(=O)(=O)C[C@@H](C)NC(=O)c1ccccc1F. The quantitative estimate of drug-likeness (QED) is 0.881. The first-order chi connectivity index (χ1) is 8.35. The number of amides is 1. The van der Waals surface area contributed by atoms with Gasteiger partial charge < -0.3 is 5.32 Å². The molecule has 6 heteroatoms. The molecule has 100 valence electrons. The van der Waals surface area contributed by atoms with E-state index in [9.17, 15) is 17.6 Å². The minimum atomic E-state index is -3.17. The molecule has 0 spiro atoms. The number of hydrogen-bond acceptors (Lipinski definition) is 3. The van der Waals surface area contributed by atoms with Gasteiger partial charge in [0.1, 0.15) is 5.82 Å². The first-order valence-corrected chi connectivity index (χ1v) is 7.43. The van der Waals surface area contributed by atoms with Crippen molar-refractivity contribution in [3.63, 3.8) is 0 Å². The van der Waals surface area contributed by atoms with Crippen molar-refractivity contribution in [3.8, 4) is 0 Å². The number of carbonyl (C=O) groups excluding carboxylic acids is 1. The third kappa shape index (κ3) is 4.10. The van der Waals surface area contributed by atoms with Crippen molar-refractivity contribution in [1.29, 1.82) is 0 Å². The van der Waals surface area contributed by atoms with Crippen LogP contribution in [0.5, 0.6) is 0 Å². The molecule has 0 unspecified atom stereocenters. The number of benzene rings is 1. The molecule has 1 aromatic rings. The highest BCUT2D eigenvalue weighted by Gasteiger charge is 2.17. The maximum Gasteiger partial charge on any atom is 0.254 e. The van der Waals surface area contributed by atoms with Crippen LogP contribution >= 0.6 is 0 Å². The summed E-state index contributed by atoms with van der Waals surface area (Å²) in [6.07, 6.45) is 0. The number of carbonyl (C=O) groups is 1. The lowest BCUT2D eigenvalue weighted by atomic mass is 10.2. The summed E-state index contributed by atoms with van der Waals surface area (Å²) in [6.45, 7) is 3.12. The number of rotatable bonds is 5. The molecule has 0 aliphatic rings. The van der Waals surface area contributed by atoms with E-state index >= 15 is 0 Å². The Morgan fingerprint density at radius 2 is 2.00 bits per heavy atom. The average Bonchev–Trinajstić information content (AvgIpc) is 2.28. The van der Waals surface area contributed by atoms with Gasteiger partial charge in [-0.25, -0.2) is 12.8 Å². The number of nitrogens with one attached hydrogen (secondary N) is 1. The molecule has 0 fully saturated rings.